The van der Waals surface area contributed by atoms with Crippen molar-refractivity contribution in [1.29, 1.82) is 5.26 Å². The highest BCUT2D eigenvalue weighted by Gasteiger charge is 2.12. The Morgan fingerprint density at radius 1 is 1.46 bits per heavy atom. The molecule has 66 valence electrons. The van der Waals surface area contributed by atoms with Gasteiger partial charge in [-0.2, -0.15) is 10.2 Å². The third-order valence-corrected chi connectivity index (χ3v) is 1.86. The van der Waals surface area contributed by atoms with Gasteiger partial charge < -0.3 is 0 Å². The van der Waals surface area contributed by atoms with Crippen molar-refractivity contribution in [3.63, 3.8) is 0 Å². The van der Waals surface area contributed by atoms with Crippen LogP contribution in [-0.2, 0) is 0 Å². The van der Waals surface area contributed by atoms with Crippen molar-refractivity contribution >= 4 is 34.6 Å². The van der Waals surface area contributed by atoms with Crippen LogP contribution in [0.15, 0.2) is 30.3 Å². The van der Waals surface area contributed by atoms with Gasteiger partial charge in [0.05, 0.1) is 28.6 Å². The first-order chi connectivity index (χ1) is 6.29. The summed E-state index contributed by atoms with van der Waals surface area (Å²) in [5, 5.41) is 8.69. The third-order valence-electron chi connectivity index (χ3n) is 1.40. The van der Waals surface area contributed by atoms with Gasteiger partial charge in [0, 0.05) is 0 Å². The van der Waals surface area contributed by atoms with Crippen LogP contribution in [0.4, 0.5) is 10.5 Å². The number of halogens is 1. The fourth-order valence-corrected chi connectivity index (χ4v) is 1.08. The maximum Gasteiger partial charge on any atom is 0.344 e. The van der Waals surface area contributed by atoms with E-state index in [1.54, 1.807) is 53.3 Å². The predicted molar refractivity (Wildman–Crippen MR) is 57.1 cm³/mol. The van der Waals surface area contributed by atoms with E-state index in [1.165, 1.54) is 0 Å². The zero-order valence-corrected chi connectivity index (χ0v) is 8.72. The summed E-state index contributed by atoms with van der Waals surface area (Å²) in [6.45, 7) is 0. The molecular weight excluding hydrogens is 281 g/mol. The quantitative estimate of drug-likeness (QED) is 0.372. The standard InChI is InChI=1S/C8H6IN3O/c9-11-8(13)12(6-10)7-4-2-1-3-5-7/h1-5H,(H,11,13). The van der Waals surface area contributed by atoms with Gasteiger partial charge in [0.1, 0.15) is 0 Å². The van der Waals surface area contributed by atoms with Gasteiger partial charge in [0.15, 0.2) is 6.19 Å². The summed E-state index contributed by atoms with van der Waals surface area (Å²) in [4.78, 5) is 12.1. The Labute approximate surface area is 89.6 Å². The first-order valence-corrected chi connectivity index (χ1v) is 4.53. The summed E-state index contributed by atoms with van der Waals surface area (Å²) in [5.41, 5.74) is 0.555. The van der Waals surface area contributed by atoms with E-state index in [0.717, 1.165) is 4.90 Å². The summed E-state index contributed by atoms with van der Waals surface area (Å²) in [6.07, 6.45) is 1.79. The number of nitrogens with zero attached hydrogens (tertiary/aromatic N) is 2. The van der Waals surface area contributed by atoms with E-state index in [2.05, 4.69) is 3.53 Å². The highest BCUT2D eigenvalue weighted by Crippen LogP contribution is 2.12. The Kier molecular flexibility index (Phi) is 3.52. The largest absolute Gasteiger partial charge is 0.344 e. The number of para-hydroxylation sites is 1. The molecule has 0 aromatic heterocycles. The number of carbonyl (C=O) groups is 1. The molecule has 1 aromatic carbocycles. The molecule has 0 aliphatic heterocycles. The van der Waals surface area contributed by atoms with Gasteiger partial charge in [0.2, 0.25) is 0 Å². The third kappa shape index (κ3) is 2.32. The van der Waals surface area contributed by atoms with Crippen LogP contribution in [0, 0.1) is 11.5 Å². The Hall–Kier alpha value is -1.29. The molecule has 0 fully saturated rings. The summed E-state index contributed by atoms with van der Waals surface area (Å²) in [6, 6.07) is 8.28. The lowest BCUT2D eigenvalue weighted by molar-refractivity contribution is 0.254. The van der Waals surface area contributed by atoms with Crippen LogP contribution in [0.3, 0.4) is 0 Å². The Morgan fingerprint density at radius 3 is 2.54 bits per heavy atom. The number of amides is 2. The van der Waals surface area contributed by atoms with Crippen molar-refractivity contribution in [3.8, 4) is 6.19 Å². The smallest absolute Gasteiger partial charge is 0.279 e. The molecule has 0 aliphatic rings. The molecule has 13 heavy (non-hydrogen) atoms. The number of rotatable bonds is 1. The van der Waals surface area contributed by atoms with Gasteiger partial charge >= 0.3 is 6.03 Å². The molecule has 0 unspecified atom stereocenters. The normalized spacial score (nSPS) is 8.62. The Balaban J connectivity index is 2.93. The van der Waals surface area contributed by atoms with Gasteiger partial charge in [-0.15, -0.1) is 0 Å². The summed E-state index contributed by atoms with van der Waals surface area (Å²) >= 11 is 1.69. The van der Waals surface area contributed by atoms with Crippen molar-refractivity contribution in [1.82, 2.24) is 3.53 Å². The zero-order valence-electron chi connectivity index (χ0n) is 6.57. The Bertz CT molecular complexity index is 333. The van der Waals surface area contributed by atoms with Crippen LogP contribution in [0.2, 0.25) is 0 Å². The number of anilines is 1. The van der Waals surface area contributed by atoms with Crippen molar-refractivity contribution in [2.75, 3.05) is 4.90 Å². The van der Waals surface area contributed by atoms with E-state index >= 15 is 0 Å². The summed E-state index contributed by atoms with van der Waals surface area (Å²) in [7, 11) is 0. The summed E-state index contributed by atoms with van der Waals surface area (Å²) < 4.78 is 2.35. The molecule has 4 nitrogen and oxygen atoms in total. The lowest BCUT2D eigenvalue weighted by Gasteiger charge is -2.11. The van der Waals surface area contributed by atoms with E-state index in [1.807, 2.05) is 6.07 Å². The van der Waals surface area contributed by atoms with E-state index in [0.29, 0.717) is 5.69 Å². The molecule has 0 bridgehead atoms. The number of nitrogens with one attached hydrogen (secondary N) is 1. The van der Waals surface area contributed by atoms with Crippen LogP contribution in [-0.4, -0.2) is 6.03 Å². The van der Waals surface area contributed by atoms with Gasteiger partial charge in [-0.05, 0) is 12.1 Å². The topological polar surface area (TPSA) is 56.1 Å². The second-order valence-electron chi connectivity index (χ2n) is 2.17. The molecular formula is C8H6IN3O. The van der Waals surface area contributed by atoms with Crippen molar-refractivity contribution in [3.05, 3.63) is 30.3 Å². The van der Waals surface area contributed by atoms with Gasteiger partial charge in [-0.1, -0.05) is 18.2 Å². The molecule has 1 rings (SSSR count). The molecule has 1 aromatic rings. The van der Waals surface area contributed by atoms with Crippen LogP contribution in [0.25, 0.3) is 0 Å². The highest BCUT2D eigenvalue weighted by molar-refractivity contribution is 14.1. The zero-order chi connectivity index (χ0) is 9.68. The van der Waals surface area contributed by atoms with Gasteiger partial charge in [0.25, 0.3) is 0 Å². The molecule has 0 spiro atoms. The molecule has 0 saturated heterocycles. The molecule has 0 atom stereocenters. The molecule has 1 N–H and O–H groups in total. The average molecular weight is 287 g/mol. The van der Waals surface area contributed by atoms with E-state index in [-0.39, 0.29) is 0 Å². The number of carbonyl (C=O) groups excluding carboxylic acids is 1. The first kappa shape index (κ1) is 9.80. The monoisotopic (exact) mass is 287 g/mol. The molecule has 0 aliphatic carbocycles. The number of hydrogen-bond acceptors (Lipinski definition) is 2. The minimum Gasteiger partial charge on any atom is -0.279 e. The van der Waals surface area contributed by atoms with Crippen LogP contribution >= 0.6 is 22.9 Å². The lowest BCUT2D eigenvalue weighted by atomic mass is 10.3. The Morgan fingerprint density at radius 2 is 2.08 bits per heavy atom. The first-order valence-electron chi connectivity index (χ1n) is 3.45. The molecule has 0 saturated carbocycles. The van der Waals surface area contributed by atoms with Crippen molar-refractivity contribution < 1.29 is 4.79 Å². The molecule has 2 amide bonds. The average Bonchev–Trinajstić information content (AvgIpc) is 2.20. The SMILES string of the molecule is N#CN(C(=O)NI)c1ccccc1. The minimum atomic E-state index is -0.450. The van der Waals surface area contributed by atoms with E-state index in [4.69, 9.17) is 5.26 Å². The number of benzene rings is 1. The number of urea groups is 1. The van der Waals surface area contributed by atoms with E-state index in [9.17, 15) is 4.79 Å². The maximum atomic E-state index is 11.1. The number of hydrogen-bond donors (Lipinski definition) is 1. The van der Waals surface area contributed by atoms with Crippen molar-refractivity contribution in [2.45, 2.75) is 0 Å². The predicted octanol–water partition coefficient (Wildman–Crippen LogP) is 2.03. The molecule has 0 radical (unpaired) electrons. The highest BCUT2D eigenvalue weighted by atomic mass is 127. The van der Waals surface area contributed by atoms with E-state index < -0.39 is 6.03 Å². The second-order valence-corrected chi connectivity index (χ2v) is 2.71. The van der Waals surface area contributed by atoms with Crippen LogP contribution in [0.5, 0.6) is 0 Å². The summed E-state index contributed by atoms with van der Waals surface area (Å²) in [5.74, 6) is 0. The van der Waals surface area contributed by atoms with Gasteiger partial charge in [-0.25, -0.2) is 4.79 Å². The van der Waals surface area contributed by atoms with Crippen LogP contribution in [0.1, 0.15) is 0 Å². The second kappa shape index (κ2) is 4.67. The minimum absolute atomic E-state index is 0.450. The molecule has 5 heteroatoms. The molecule has 0 heterocycles. The van der Waals surface area contributed by atoms with Crippen LogP contribution < -0.4 is 8.43 Å². The van der Waals surface area contributed by atoms with Crippen molar-refractivity contribution in [2.24, 2.45) is 0 Å². The fraction of sp³-hybridized carbons (Fsp3) is 0. The fourth-order valence-electron chi connectivity index (χ4n) is 0.840. The lowest BCUT2D eigenvalue weighted by Crippen LogP contribution is -2.31. The number of nitriles is 1. The van der Waals surface area contributed by atoms with Gasteiger partial charge in [-0.3, -0.25) is 3.53 Å². The maximum absolute atomic E-state index is 11.1.